The molecule has 3 aromatic carbocycles. The number of benzene rings is 3. The van der Waals surface area contributed by atoms with Crippen LogP contribution in [0.4, 0.5) is 5.69 Å². The molecule has 0 saturated carbocycles. The van der Waals surface area contributed by atoms with Gasteiger partial charge in [0.2, 0.25) is 0 Å². The summed E-state index contributed by atoms with van der Waals surface area (Å²) in [5.41, 5.74) is 4.21. The Labute approximate surface area is 203 Å². The maximum absolute atomic E-state index is 12.5. The summed E-state index contributed by atoms with van der Waals surface area (Å²) < 4.78 is 12.1. The summed E-state index contributed by atoms with van der Waals surface area (Å²) in [7, 11) is 0. The quantitative estimate of drug-likeness (QED) is 0.300. The number of nitrogens with one attached hydrogen (secondary N) is 1. The molecule has 0 aliphatic carbocycles. The van der Waals surface area contributed by atoms with E-state index < -0.39 is 5.97 Å². The second kappa shape index (κ2) is 10.2. The van der Waals surface area contributed by atoms with E-state index in [-0.39, 0.29) is 17.9 Å². The van der Waals surface area contributed by atoms with Gasteiger partial charge in [-0.15, -0.1) is 0 Å². The topological polar surface area (TPSA) is 64.6 Å². The van der Waals surface area contributed by atoms with Gasteiger partial charge in [-0.05, 0) is 73.4 Å². The van der Waals surface area contributed by atoms with Gasteiger partial charge in [0.25, 0.3) is 5.91 Å². The predicted octanol–water partition coefficient (Wildman–Crippen LogP) is 6.60. The molecule has 1 amide bonds. The molecule has 0 unspecified atom stereocenters. The van der Waals surface area contributed by atoms with Crippen LogP contribution in [-0.2, 0) is 10.2 Å². The van der Waals surface area contributed by atoms with Crippen molar-refractivity contribution < 1.29 is 19.1 Å². The van der Waals surface area contributed by atoms with Crippen LogP contribution in [0.2, 0.25) is 0 Å². The minimum Gasteiger partial charge on any atom is -0.482 e. The van der Waals surface area contributed by atoms with Gasteiger partial charge in [-0.1, -0.05) is 54.4 Å². The summed E-state index contributed by atoms with van der Waals surface area (Å²) in [6, 6.07) is 18.0. The molecule has 3 aromatic rings. The first kappa shape index (κ1) is 24.5. The molecule has 0 heterocycles. The number of esters is 1. The maximum atomic E-state index is 12.5. The van der Waals surface area contributed by atoms with Crippen molar-refractivity contribution in [3.05, 3.63) is 87.4 Å². The Balaban J connectivity index is 1.59. The summed E-state index contributed by atoms with van der Waals surface area (Å²) in [5.74, 6) is 0.234. The van der Waals surface area contributed by atoms with Gasteiger partial charge in [0.05, 0.1) is 0 Å². The standard InChI is InChI=1S/C27H28BrNO4/c1-17-6-12-23(18(2)14-17)29-26(31)19-7-10-21(11-8-19)33-25(30)16-32-24-13-9-20(28)15-22(24)27(3,4)5/h6-15H,16H2,1-5H3,(H,29,31). The van der Waals surface area contributed by atoms with E-state index in [9.17, 15) is 9.59 Å². The smallest absolute Gasteiger partial charge is 0.349 e. The Bertz CT molecular complexity index is 1160. The van der Waals surface area contributed by atoms with Crippen molar-refractivity contribution >= 4 is 33.5 Å². The summed E-state index contributed by atoms with van der Waals surface area (Å²) in [6.45, 7) is 9.98. The molecule has 0 spiro atoms. The van der Waals surface area contributed by atoms with Crippen LogP contribution in [0.5, 0.6) is 11.5 Å². The van der Waals surface area contributed by atoms with Gasteiger partial charge in [0, 0.05) is 21.3 Å². The Hall–Kier alpha value is -3.12. The van der Waals surface area contributed by atoms with Crippen molar-refractivity contribution in [1.29, 1.82) is 0 Å². The lowest BCUT2D eigenvalue weighted by Gasteiger charge is -2.23. The molecule has 33 heavy (non-hydrogen) atoms. The van der Waals surface area contributed by atoms with Crippen molar-refractivity contribution in [3.8, 4) is 11.5 Å². The lowest BCUT2D eigenvalue weighted by atomic mass is 9.86. The summed E-state index contributed by atoms with van der Waals surface area (Å²) in [6.07, 6.45) is 0. The molecule has 3 rings (SSSR count). The zero-order valence-corrected chi connectivity index (χ0v) is 21.1. The highest BCUT2D eigenvalue weighted by atomic mass is 79.9. The number of ether oxygens (including phenoxy) is 2. The largest absolute Gasteiger partial charge is 0.482 e. The van der Waals surface area contributed by atoms with E-state index in [4.69, 9.17) is 9.47 Å². The zero-order valence-electron chi connectivity index (χ0n) is 19.5. The third kappa shape index (κ3) is 6.68. The fourth-order valence-corrected chi connectivity index (χ4v) is 3.70. The lowest BCUT2D eigenvalue weighted by molar-refractivity contribution is -0.136. The Morgan fingerprint density at radius 3 is 2.27 bits per heavy atom. The lowest BCUT2D eigenvalue weighted by Crippen LogP contribution is -2.20. The molecular formula is C27H28BrNO4. The first-order valence-corrected chi connectivity index (χ1v) is 11.4. The van der Waals surface area contributed by atoms with Crippen molar-refractivity contribution in [2.24, 2.45) is 0 Å². The minimum absolute atomic E-state index is 0.142. The highest BCUT2D eigenvalue weighted by molar-refractivity contribution is 9.10. The molecule has 6 heteroatoms. The Morgan fingerprint density at radius 1 is 0.939 bits per heavy atom. The SMILES string of the molecule is Cc1ccc(NC(=O)c2ccc(OC(=O)COc3ccc(Br)cc3C(C)(C)C)cc2)c(C)c1. The molecule has 0 saturated heterocycles. The van der Waals surface area contributed by atoms with Gasteiger partial charge >= 0.3 is 5.97 Å². The molecule has 0 aliphatic heterocycles. The fourth-order valence-electron chi connectivity index (χ4n) is 3.33. The average Bonchev–Trinajstić information content (AvgIpc) is 2.74. The number of carbonyl (C=O) groups excluding carboxylic acids is 2. The average molecular weight is 510 g/mol. The number of anilines is 1. The molecular weight excluding hydrogens is 482 g/mol. The molecule has 0 bridgehead atoms. The fraction of sp³-hybridized carbons (Fsp3) is 0.259. The van der Waals surface area contributed by atoms with Crippen LogP contribution in [0.15, 0.2) is 65.1 Å². The van der Waals surface area contributed by atoms with E-state index in [0.29, 0.717) is 17.1 Å². The third-order valence-electron chi connectivity index (χ3n) is 5.07. The minimum atomic E-state index is -0.523. The van der Waals surface area contributed by atoms with Crippen molar-refractivity contribution in [1.82, 2.24) is 0 Å². The van der Waals surface area contributed by atoms with E-state index in [2.05, 4.69) is 42.0 Å². The summed E-state index contributed by atoms with van der Waals surface area (Å²) in [5, 5.41) is 2.90. The number of rotatable bonds is 6. The molecule has 0 fully saturated rings. The monoisotopic (exact) mass is 509 g/mol. The molecule has 1 N–H and O–H groups in total. The second-order valence-electron chi connectivity index (χ2n) is 8.95. The van der Waals surface area contributed by atoms with Crippen LogP contribution in [0.1, 0.15) is 47.8 Å². The number of carbonyl (C=O) groups is 2. The van der Waals surface area contributed by atoms with Gasteiger partial charge in [0.15, 0.2) is 6.61 Å². The van der Waals surface area contributed by atoms with E-state index in [1.165, 1.54) is 0 Å². The van der Waals surface area contributed by atoms with Gasteiger partial charge < -0.3 is 14.8 Å². The van der Waals surface area contributed by atoms with E-state index >= 15 is 0 Å². The van der Waals surface area contributed by atoms with Crippen molar-refractivity contribution in [2.75, 3.05) is 11.9 Å². The number of halogens is 1. The van der Waals surface area contributed by atoms with Gasteiger partial charge in [-0.25, -0.2) is 4.79 Å². The normalized spacial score (nSPS) is 11.1. The molecule has 0 atom stereocenters. The zero-order chi connectivity index (χ0) is 24.2. The Morgan fingerprint density at radius 2 is 1.64 bits per heavy atom. The third-order valence-corrected chi connectivity index (χ3v) is 5.57. The first-order chi connectivity index (χ1) is 15.5. The van der Waals surface area contributed by atoms with Crippen LogP contribution in [0, 0.1) is 13.8 Å². The van der Waals surface area contributed by atoms with Crippen molar-refractivity contribution in [2.45, 2.75) is 40.0 Å². The second-order valence-corrected chi connectivity index (χ2v) is 9.87. The molecule has 5 nitrogen and oxygen atoms in total. The Kier molecular flexibility index (Phi) is 7.59. The van der Waals surface area contributed by atoms with Crippen LogP contribution in [0.3, 0.4) is 0 Å². The number of hydrogen-bond acceptors (Lipinski definition) is 4. The van der Waals surface area contributed by atoms with Crippen LogP contribution >= 0.6 is 15.9 Å². The summed E-state index contributed by atoms with van der Waals surface area (Å²) >= 11 is 3.48. The number of amides is 1. The molecule has 0 radical (unpaired) electrons. The molecule has 0 aromatic heterocycles. The van der Waals surface area contributed by atoms with Crippen LogP contribution in [-0.4, -0.2) is 18.5 Å². The predicted molar refractivity (Wildman–Crippen MR) is 134 cm³/mol. The number of aryl methyl sites for hydroxylation is 2. The van der Waals surface area contributed by atoms with E-state index in [0.717, 1.165) is 26.9 Å². The van der Waals surface area contributed by atoms with E-state index in [1.807, 2.05) is 50.2 Å². The highest BCUT2D eigenvalue weighted by Crippen LogP contribution is 2.33. The van der Waals surface area contributed by atoms with Gasteiger partial charge in [-0.3, -0.25) is 4.79 Å². The number of hydrogen-bond donors (Lipinski definition) is 1. The van der Waals surface area contributed by atoms with Crippen molar-refractivity contribution in [3.63, 3.8) is 0 Å². The highest BCUT2D eigenvalue weighted by Gasteiger charge is 2.20. The summed E-state index contributed by atoms with van der Waals surface area (Å²) in [4.78, 5) is 24.8. The molecule has 0 aliphatic rings. The maximum Gasteiger partial charge on any atom is 0.349 e. The van der Waals surface area contributed by atoms with E-state index in [1.54, 1.807) is 24.3 Å². The van der Waals surface area contributed by atoms with Gasteiger partial charge in [0.1, 0.15) is 11.5 Å². The van der Waals surface area contributed by atoms with Crippen LogP contribution in [0.25, 0.3) is 0 Å². The van der Waals surface area contributed by atoms with Gasteiger partial charge in [-0.2, -0.15) is 0 Å². The first-order valence-electron chi connectivity index (χ1n) is 10.6. The van der Waals surface area contributed by atoms with Crippen LogP contribution < -0.4 is 14.8 Å². The molecule has 172 valence electrons.